The van der Waals surface area contributed by atoms with E-state index in [1.807, 2.05) is 42.5 Å². The molecule has 34 heavy (non-hydrogen) atoms. The van der Waals surface area contributed by atoms with Gasteiger partial charge < -0.3 is 19.9 Å². The molecule has 2 heterocycles. The Hall–Kier alpha value is -3.68. The van der Waals surface area contributed by atoms with Crippen LogP contribution in [0.25, 0.3) is 0 Å². The molecule has 0 saturated carbocycles. The van der Waals surface area contributed by atoms with Crippen LogP contribution in [0.1, 0.15) is 49.2 Å². The first-order chi connectivity index (χ1) is 16.1. The molecule has 0 spiro atoms. The van der Waals surface area contributed by atoms with Crippen LogP contribution in [0.4, 0.5) is 0 Å². The first kappa shape index (κ1) is 23.5. The van der Waals surface area contributed by atoms with Crippen molar-refractivity contribution in [2.75, 3.05) is 6.54 Å². The van der Waals surface area contributed by atoms with E-state index in [-0.39, 0.29) is 30.4 Å². The lowest BCUT2D eigenvalue weighted by molar-refractivity contribution is -0.169. The maximum Gasteiger partial charge on any atom is 0.350 e. The van der Waals surface area contributed by atoms with Gasteiger partial charge in [-0.3, -0.25) is 14.4 Å². The summed E-state index contributed by atoms with van der Waals surface area (Å²) in [5.41, 5.74) is 2.31. The summed E-state index contributed by atoms with van der Waals surface area (Å²) in [6.45, 7) is 7.81. The minimum Gasteiger partial charge on any atom is -0.458 e. The zero-order valence-electron chi connectivity index (χ0n) is 19.8. The third-order valence-electron chi connectivity index (χ3n) is 6.34. The van der Waals surface area contributed by atoms with Gasteiger partial charge in [0.25, 0.3) is 5.91 Å². The molecule has 3 amide bonds. The molecule has 0 bridgehead atoms. The Morgan fingerprint density at radius 3 is 2.26 bits per heavy atom. The first-order valence-electron chi connectivity index (χ1n) is 11.3. The van der Waals surface area contributed by atoms with Gasteiger partial charge in [-0.25, -0.2) is 4.79 Å². The third kappa shape index (κ3) is 4.40. The molecule has 8 heteroatoms. The number of hydrogen-bond acceptors (Lipinski definition) is 5. The van der Waals surface area contributed by atoms with Crippen molar-refractivity contribution < 1.29 is 23.9 Å². The number of esters is 1. The minimum absolute atomic E-state index is 0.0381. The second kappa shape index (κ2) is 8.93. The highest BCUT2D eigenvalue weighted by atomic mass is 16.5. The smallest absolute Gasteiger partial charge is 0.350 e. The van der Waals surface area contributed by atoms with Crippen molar-refractivity contribution >= 4 is 23.7 Å². The highest BCUT2D eigenvalue weighted by Crippen LogP contribution is 2.33. The summed E-state index contributed by atoms with van der Waals surface area (Å²) < 4.78 is 5.40. The molecule has 0 aromatic heterocycles. The molecule has 2 aromatic rings. The number of carbonyl (C=O) groups is 4. The molecule has 2 aliphatic rings. The first-order valence-corrected chi connectivity index (χ1v) is 11.3. The SMILES string of the molecule is CC(=O)N1CC2C(NC(=O)c3ccc(C(C)(C)C)cc3)C(=O)N2C1C(=O)OCc1ccccc1. The van der Waals surface area contributed by atoms with Crippen LogP contribution in [-0.2, 0) is 31.1 Å². The predicted molar refractivity (Wildman–Crippen MR) is 124 cm³/mol. The van der Waals surface area contributed by atoms with Crippen molar-refractivity contribution in [2.45, 2.75) is 58.0 Å². The predicted octanol–water partition coefficient (Wildman–Crippen LogP) is 2.22. The summed E-state index contributed by atoms with van der Waals surface area (Å²) in [4.78, 5) is 53.4. The maximum absolute atomic E-state index is 12.9. The molecule has 3 unspecified atom stereocenters. The average molecular weight is 464 g/mol. The molecule has 2 saturated heterocycles. The number of benzene rings is 2. The summed E-state index contributed by atoms with van der Waals surface area (Å²) in [7, 11) is 0. The fourth-order valence-electron chi connectivity index (χ4n) is 4.36. The molecule has 0 aliphatic carbocycles. The van der Waals surface area contributed by atoms with Crippen LogP contribution in [0.3, 0.4) is 0 Å². The van der Waals surface area contributed by atoms with E-state index in [1.54, 1.807) is 12.1 Å². The third-order valence-corrected chi connectivity index (χ3v) is 6.34. The standard InChI is InChI=1S/C26H29N3O5/c1-16(30)28-14-20-21(27-22(31)18-10-12-19(13-11-18)26(2,3)4)24(32)29(20)23(28)25(33)34-15-17-8-6-5-7-9-17/h5-13,20-21,23H,14-15H2,1-4H3,(H,27,31). The molecule has 2 aromatic carbocycles. The van der Waals surface area contributed by atoms with Gasteiger partial charge in [-0.1, -0.05) is 63.2 Å². The van der Waals surface area contributed by atoms with Gasteiger partial charge in [-0.15, -0.1) is 0 Å². The lowest BCUT2D eigenvalue weighted by Gasteiger charge is -2.43. The van der Waals surface area contributed by atoms with Crippen molar-refractivity contribution in [3.8, 4) is 0 Å². The highest BCUT2D eigenvalue weighted by molar-refractivity contribution is 6.02. The van der Waals surface area contributed by atoms with Gasteiger partial charge >= 0.3 is 5.97 Å². The Labute approximate surface area is 198 Å². The Morgan fingerprint density at radius 1 is 1.03 bits per heavy atom. The van der Waals surface area contributed by atoms with Crippen LogP contribution in [0.15, 0.2) is 54.6 Å². The van der Waals surface area contributed by atoms with E-state index >= 15 is 0 Å². The van der Waals surface area contributed by atoms with Gasteiger partial charge in [0.05, 0.1) is 6.04 Å². The van der Waals surface area contributed by atoms with Crippen molar-refractivity contribution in [1.82, 2.24) is 15.1 Å². The van der Waals surface area contributed by atoms with Crippen molar-refractivity contribution in [3.63, 3.8) is 0 Å². The van der Waals surface area contributed by atoms with E-state index < -0.39 is 30.1 Å². The summed E-state index contributed by atoms with van der Waals surface area (Å²) in [6, 6.07) is 15.1. The molecular weight excluding hydrogens is 434 g/mol. The summed E-state index contributed by atoms with van der Waals surface area (Å²) in [5.74, 6) is -1.79. The van der Waals surface area contributed by atoms with Gasteiger partial charge in [-0.05, 0) is 28.7 Å². The number of ether oxygens (including phenoxy) is 1. The minimum atomic E-state index is -1.13. The topological polar surface area (TPSA) is 96.0 Å². The number of nitrogens with zero attached hydrogens (tertiary/aromatic N) is 2. The zero-order chi connectivity index (χ0) is 24.6. The van der Waals surface area contributed by atoms with Gasteiger partial charge in [0.2, 0.25) is 18.0 Å². The van der Waals surface area contributed by atoms with Gasteiger partial charge in [-0.2, -0.15) is 0 Å². The molecule has 8 nitrogen and oxygen atoms in total. The van der Waals surface area contributed by atoms with E-state index in [4.69, 9.17) is 4.74 Å². The largest absolute Gasteiger partial charge is 0.458 e. The number of amides is 3. The monoisotopic (exact) mass is 463 g/mol. The Balaban J connectivity index is 1.43. The molecule has 1 N–H and O–H groups in total. The molecule has 2 fully saturated rings. The van der Waals surface area contributed by atoms with Crippen molar-refractivity contribution in [3.05, 3.63) is 71.3 Å². The molecule has 2 aliphatic heterocycles. The van der Waals surface area contributed by atoms with Gasteiger partial charge in [0.15, 0.2) is 0 Å². The van der Waals surface area contributed by atoms with E-state index in [2.05, 4.69) is 26.1 Å². The van der Waals surface area contributed by atoms with Crippen LogP contribution >= 0.6 is 0 Å². The van der Waals surface area contributed by atoms with E-state index in [9.17, 15) is 19.2 Å². The Bertz CT molecular complexity index is 1110. The molecule has 4 rings (SSSR count). The lowest BCUT2D eigenvalue weighted by atomic mass is 9.86. The van der Waals surface area contributed by atoms with Crippen LogP contribution in [0, 0.1) is 0 Å². The number of nitrogens with one attached hydrogen (secondary N) is 1. The van der Waals surface area contributed by atoms with E-state index in [1.165, 1.54) is 16.7 Å². The Morgan fingerprint density at radius 2 is 1.68 bits per heavy atom. The van der Waals surface area contributed by atoms with Gasteiger partial charge in [0.1, 0.15) is 12.6 Å². The van der Waals surface area contributed by atoms with E-state index in [0.717, 1.165) is 11.1 Å². The van der Waals surface area contributed by atoms with Crippen molar-refractivity contribution in [2.24, 2.45) is 0 Å². The number of carbonyl (C=O) groups excluding carboxylic acids is 4. The highest BCUT2D eigenvalue weighted by Gasteiger charge is 2.61. The number of hydrogen-bond donors (Lipinski definition) is 1. The number of β-lactam (4-membered cyclic amide) rings is 1. The second-order valence-electron chi connectivity index (χ2n) is 9.73. The molecule has 178 valence electrons. The fourth-order valence-corrected chi connectivity index (χ4v) is 4.36. The second-order valence-corrected chi connectivity index (χ2v) is 9.73. The van der Waals surface area contributed by atoms with Crippen molar-refractivity contribution in [1.29, 1.82) is 0 Å². The summed E-state index contributed by atoms with van der Waals surface area (Å²) in [6.07, 6.45) is -1.13. The van der Waals surface area contributed by atoms with Crippen LogP contribution in [-0.4, -0.2) is 58.3 Å². The molecular formula is C26H29N3O5. The Kier molecular flexibility index (Phi) is 6.17. The fraction of sp³-hybridized carbons (Fsp3) is 0.385. The molecule has 3 atom stereocenters. The average Bonchev–Trinajstić information content (AvgIpc) is 3.18. The zero-order valence-corrected chi connectivity index (χ0v) is 19.8. The quantitative estimate of drug-likeness (QED) is 0.542. The summed E-state index contributed by atoms with van der Waals surface area (Å²) in [5, 5.41) is 2.77. The lowest BCUT2D eigenvalue weighted by Crippen LogP contribution is -2.71. The molecule has 0 radical (unpaired) electrons. The maximum atomic E-state index is 12.9. The van der Waals surface area contributed by atoms with Crippen LogP contribution in [0.5, 0.6) is 0 Å². The van der Waals surface area contributed by atoms with E-state index in [0.29, 0.717) is 5.56 Å². The number of rotatable bonds is 5. The normalized spacial score (nSPS) is 21.5. The summed E-state index contributed by atoms with van der Waals surface area (Å²) >= 11 is 0. The van der Waals surface area contributed by atoms with Crippen LogP contribution < -0.4 is 5.32 Å². The number of fused-ring (bicyclic) bond motifs is 1. The van der Waals surface area contributed by atoms with Gasteiger partial charge in [0, 0.05) is 19.0 Å². The van der Waals surface area contributed by atoms with Crippen LogP contribution in [0.2, 0.25) is 0 Å².